The molecule has 0 bridgehead atoms. The molecule has 0 saturated carbocycles. The zero-order chi connectivity index (χ0) is 20.5. The SMILES string of the molecule is C[C@H]1CC(N(C)Cc2ccc(C(F)(F)F)cc2N2CCCC2)CCN1C(=O)Cl. The van der Waals surface area contributed by atoms with Gasteiger partial charge in [0.25, 0.3) is 0 Å². The summed E-state index contributed by atoms with van der Waals surface area (Å²) >= 11 is 5.63. The number of benzene rings is 1. The number of amides is 1. The largest absolute Gasteiger partial charge is 0.416 e. The van der Waals surface area contributed by atoms with Crippen molar-refractivity contribution >= 4 is 22.7 Å². The average molecular weight is 418 g/mol. The van der Waals surface area contributed by atoms with Crippen molar-refractivity contribution in [3.05, 3.63) is 29.3 Å². The summed E-state index contributed by atoms with van der Waals surface area (Å²) in [4.78, 5) is 17.4. The molecular weight excluding hydrogens is 391 g/mol. The Morgan fingerprint density at radius 3 is 2.50 bits per heavy atom. The second kappa shape index (κ2) is 8.49. The van der Waals surface area contributed by atoms with Crippen molar-refractivity contribution in [3.8, 4) is 0 Å². The number of hydrogen-bond donors (Lipinski definition) is 0. The van der Waals surface area contributed by atoms with Gasteiger partial charge in [-0.2, -0.15) is 13.2 Å². The molecule has 2 fully saturated rings. The summed E-state index contributed by atoms with van der Waals surface area (Å²) in [6, 6.07) is 4.41. The van der Waals surface area contributed by atoms with E-state index in [0.717, 1.165) is 44.3 Å². The Hall–Kier alpha value is -1.47. The van der Waals surface area contributed by atoms with Crippen LogP contribution in [-0.2, 0) is 12.7 Å². The zero-order valence-electron chi connectivity index (χ0n) is 16.3. The van der Waals surface area contributed by atoms with E-state index in [1.807, 2.05) is 14.0 Å². The van der Waals surface area contributed by atoms with Crippen LogP contribution in [0.3, 0.4) is 0 Å². The van der Waals surface area contributed by atoms with Crippen molar-refractivity contribution in [1.82, 2.24) is 9.80 Å². The first kappa shape index (κ1) is 21.2. The molecule has 4 nitrogen and oxygen atoms in total. The van der Waals surface area contributed by atoms with Crippen molar-refractivity contribution in [2.24, 2.45) is 0 Å². The fraction of sp³-hybridized carbons (Fsp3) is 0.650. The third kappa shape index (κ3) is 4.74. The molecule has 28 heavy (non-hydrogen) atoms. The predicted octanol–water partition coefficient (Wildman–Crippen LogP) is 4.95. The molecule has 1 amide bonds. The summed E-state index contributed by atoms with van der Waals surface area (Å²) in [5, 5.41) is -0.423. The lowest BCUT2D eigenvalue weighted by atomic mass is 9.97. The molecule has 0 radical (unpaired) electrons. The van der Waals surface area contributed by atoms with Gasteiger partial charge in [0.1, 0.15) is 0 Å². The lowest BCUT2D eigenvalue weighted by molar-refractivity contribution is -0.137. The number of likely N-dealkylation sites (tertiary alicyclic amines) is 1. The lowest BCUT2D eigenvalue weighted by Gasteiger charge is -2.40. The number of piperidine rings is 1. The average Bonchev–Trinajstić information content (AvgIpc) is 3.15. The molecule has 0 aromatic heterocycles. The number of carbonyl (C=O) groups excluding carboxylic acids is 1. The minimum Gasteiger partial charge on any atom is -0.371 e. The molecule has 2 aliphatic heterocycles. The molecule has 156 valence electrons. The van der Waals surface area contributed by atoms with E-state index in [2.05, 4.69) is 9.80 Å². The van der Waals surface area contributed by atoms with E-state index >= 15 is 0 Å². The minimum absolute atomic E-state index is 0.0526. The van der Waals surface area contributed by atoms with Crippen LogP contribution in [0.1, 0.15) is 43.7 Å². The Balaban J connectivity index is 1.76. The van der Waals surface area contributed by atoms with Gasteiger partial charge in [-0.3, -0.25) is 9.69 Å². The van der Waals surface area contributed by atoms with Crippen LogP contribution in [0, 0.1) is 0 Å². The van der Waals surface area contributed by atoms with Crippen molar-refractivity contribution in [2.75, 3.05) is 31.6 Å². The molecule has 2 aliphatic rings. The molecule has 1 aromatic carbocycles. The Morgan fingerprint density at radius 1 is 1.25 bits per heavy atom. The predicted molar refractivity (Wildman–Crippen MR) is 105 cm³/mol. The molecule has 0 spiro atoms. The second-order valence-electron chi connectivity index (χ2n) is 7.92. The number of nitrogens with zero attached hydrogens (tertiary/aromatic N) is 3. The van der Waals surface area contributed by atoms with Gasteiger partial charge in [-0.25, -0.2) is 0 Å². The van der Waals surface area contributed by atoms with E-state index in [0.29, 0.717) is 18.8 Å². The second-order valence-corrected chi connectivity index (χ2v) is 8.25. The Kier molecular flexibility index (Phi) is 6.44. The van der Waals surface area contributed by atoms with E-state index < -0.39 is 17.1 Å². The Bertz CT molecular complexity index is 706. The van der Waals surface area contributed by atoms with Gasteiger partial charge in [0.2, 0.25) is 0 Å². The van der Waals surface area contributed by atoms with Crippen molar-refractivity contribution in [3.63, 3.8) is 0 Å². The van der Waals surface area contributed by atoms with E-state index in [1.165, 1.54) is 12.1 Å². The molecule has 8 heteroatoms. The molecule has 2 saturated heterocycles. The fourth-order valence-corrected chi connectivity index (χ4v) is 4.58. The van der Waals surface area contributed by atoms with Gasteiger partial charge in [-0.1, -0.05) is 6.07 Å². The molecule has 0 aliphatic carbocycles. The highest BCUT2D eigenvalue weighted by Gasteiger charge is 2.33. The molecule has 0 N–H and O–H groups in total. The topological polar surface area (TPSA) is 26.8 Å². The summed E-state index contributed by atoms with van der Waals surface area (Å²) in [5.41, 5.74) is 1.02. The number of halogens is 4. The summed E-state index contributed by atoms with van der Waals surface area (Å²) in [6.07, 6.45) is -0.717. The zero-order valence-corrected chi connectivity index (χ0v) is 17.1. The smallest absolute Gasteiger partial charge is 0.371 e. The van der Waals surface area contributed by atoms with Gasteiger partial charge in [0, 0.05) is 44.0 Å². The molecular formula is C20H27ClF3N3O. The summed E-state index contributed by atoms with van der Waals surface area (Å²) < 4.78 is 39.6. The Labute approximate surface area is 169 Å². The van der Waals surface area contributed by atoms with Crippen LogP contribution < -0.4 is 4.90 Å². The molecule has 1 unspecified atom stereocenters. The van der Waals surface area contributed by atoms with E-state index in [4.69, 9.17) is 11.6 Å². The highest BCUT2D eigenvalue weighted by atomic mass is 35.5. The van der Waals surface area contributed by atoms with Gasteiger partial charge in [0.05, 0.1) is 5.56 Å². The third-order valence-corrected chi connectivity index (χ3v) is 6.19. The van der Waals surface area contributed by atoms with Crippen LogP contribution in [0.25, 0.3) is 0 Å². The van der Waals surface area contributed by atoms with Gasteiger partial charge < -0.3 is 9.80 Å². The standard InChI is InChI=1S/C20H27ClF3N3O/c1-14-11-17(7-10-27(14)19(21)28)25(2)13-15-5-6-16(20(22,23)24)12-18(15)26-8-3-4-9-26/h5-6,12,14,17H,3-4,7-11,13H2,1-2H3/t14-,17?/m0/s1. The van der Waals surface area contributed by atoms with Crippen LogP contribution in [-0.4, -0.2) is 53.9 Å². The summed E-state index contributed by atoms with van der Waals surface area (Å²) in [6.45, 7) is 4.76. The van der Waals surface area contributed by atoms with E-state index in [-0.39, 0.29) is 12.1 Å². The van der Waals surface area contributed by atoms with Crippen LogP contribution in [0.4, 0.5) is 23.7 Å². The number of carbonyl (C=O) groups is 1. The van der Waals surface area contributed by atoms with Crippen molar-refractivity contribution < 1.29 is 18.0 Å². The fourth-order valence-electron chi connectivity index (χ4n) is 4.33. The number of anilines is 1. The van der Waals surface area contributed by atoms with Gasteiger partial charge in [-0.05, 0) is 69.0 Å². The highest BCUT2D eigenvalue weighted by molar-refractivity contribution is 6.62. The van der Waals surface area contributed by atoms with E-state index in [1.54, 1.807) is 11.0 Å². The van der Waals surface area contributed by atoms with Gasteiger partial charge in [0.15, 0.2) is 0 Å². The monoisotopic (exact) mass is 417 g/mol. The first-order valence-corrected chi connectivity index (χ1v) is 10.2. The normalized spacial score (nSPS) is 23.5. The quantitative estimate of drug-likeness (QED) is 0.512. The minimum atomic E-state index is -4.34. The van der Waals surface area contributed by atoms with Crippen LogP contribution in [0.5, 0.6) is 0 Å². The molecule has 1 aromatic rings. The lowest BCUT2D eigenvalue weighted by Crippen LogP contribution is -2.48. The summed E-state index contributed by atoms with van der Waals surface area (Å²) in [7, 11) is 2.00. The Morgan fingerprint density at radius 2 is 1.93 bits per heavy atom. The van der Waals surface area contributed by atoms with Gasteiger partial charge in [-0.15, -0.1) is 0 Å². The van der Waals surface area contributed by atoms with Crippen molar-refractivity contribution in [1.29, 1.82) is 0 Å². The maximum Gasteiger partial charge on any atom is 0.416 e. The van der Waals surface area contributed by atoms with Crippen LogP contribution in [0.2, 0.25) is 0 Å². The maximum atomic E-state index is 13.2. The van der Waals surface area contributed by atoms with E-state index in [9.17, 15) is 18.0 Å². The van der Waals surface area contributed by atoms with Crippen LogP contribution in [0.15, 0.2) is 18.2 Å². The summed E-state index contributed by atoms with van der Waals surface area (Å²) in [5.74, 6) is 0. The number of alkyl halides is 3. The first-order chi connectivity index (χ1) is 13.2. The maximum absolute atomic E-state index is 13.2. The van der Waals surface area contributed by atoms with Crippen molar-refractivity contribution in [2.45, 2.75) is 57.4 Å². The molecule has 2 atom stereocenters. The third-order valence-electron chi connectivity index (χ3n) is 5.98. The number of hydrogen-bond acceptors (Lipinski definition) is 3. The van der Waals surface area contributed by atoms with Gasteiger partial charge >= 0.3 is 11.5 Å². The highest BCUT2D eigenvalue weighted by Crippen LogP contribution is 2.35. The molecule has 3 rings (SSSR count). The van der Waals surface area contributed by atoms with Crippen LogP contribution >= 0.6 is 11.6 Å². The molecule has 2 heterocycles. The first-order valence-electron chi connectivity index (χ1n) is 9.78. The number of rotatable bonds is 4.